The summed E-state index contributed by atoms with van der Waals surface area (Å²) in [6, 6.07) is 13.4. The summed E-state index contributed by atoms with van der Waals surface area (Å²) in [4.78, 5) is 38.0. The normalized spacial score (nSPS) is 12.9. The van der Waals surface area contributed by atoms with Gasteiger partial charge < -0.3 is 14.6 Å². The van der Waals surface area contributed by atoms with E-state index in [1.807, 2.05) is 6.07 Å². The highest BCUT2D eigenvalue weighted by Gasteiger charge is 2.23. The van der Waals surface area contributed by atoms with E-state index in [1.165, 1.54) is 13.0 Å². The second kappa shape index (κ2) is 6.15. The molecule has 2 amide bonds. The van der Waals surface area contributed by atoms with Crippen molar-refractivity contribution in [3.8, 4) is 0 Å². The van der Waals surface area contributed by atoms with E-state index in [4.69, 9.17) is 4.42 Å². The van der Waals surface area contributed by atoms with Crippen molar-refractivity contribution in [2.45, 2.75) is 13.3 Å². The molecule has 2 heterocycles. The second-order valence-electron chi connectivity index (χ2n) is 6.19. The Kier molecular flexibility index (Phi) is 3.80. The number of anilines is 2. The predicted molar refractivity (Wildman–Crippen MR) is 98.6 cm³/mol. The number of carbonyl (C=O) groups excluding carboxylic acids is 2. The largest absolute Gasteiger partial charge is 0.451 e. The van der Waals surface area contributed by atoms with Crippen LogP contribution in [0.2, 0.25) is 0 Å². The molecule has 0 bridgehead atoms. The number of carbonyl (C=O) groups is 2. The van der Waals surface area contributed by atoms with Gasteiger partial charge in [-0.15, -0.1) is 0 Å². The van der Waals surface area contributed by atoms with Gasteiger partial charge in [-0.1, -0.05) is 18.2 Å². The van der Waals surface area contributed by atoms with Crippen molar-refractivity contribution < 1.29 is 14.0 Å². The molecular weight excluding hydrogens is 332 g/mol. The van der Waals surface area contributed by atoms with Crippen LogP contribution in [0.3, 0.4) is 0 Å². The number of hydrogen-bond donors (Lipinski definition) is 1. The summed E-state index contributed by atoms with van der Waals surface area (Å²) >= 11 is 0. The summed E-state index contributed by atoms with van der Waals surface area (Å²) in [5.74, 6) is -0.606. The molecule has 6 heteroatoms. The number of para-hydroxylation sites is 1. The van der Waals surface area contributed by atoms with Crippen molar-refractivity contribution in [3.63, 3.8) is 0 Å². The number of nitrogens with zero attached hydrogens (tertiary/aromatic N) is 1. The molecule has 0 aliphatic carbocycles. The Morgan fingerprint density at radius 2 is 1.92 bits per heavy atom. The molecule has 0 spiro atoms. The van der Waals surface area contributed by atoms with Crippen molar-refractivity contribution in [1.82, 2.24) is 0 Å². The highest BCUT2D eigenvalue weighted by Crippen LogP contribution is 2.31. The number of rotatable bonds is 2. The maximum atomic E-state index is 12.5. The van der Waals surface area contributed by atoms with E-state index < -0.39 is 5.91 Å². The van der Waals surface area contributed by atoms with E-state index in [1.54, 1.807) is 41.3 Å². The molecule has 130 valence electrons. The van der Waals surface area contributed by atoms with Gasteiger partial charge in [0.25, 0.3) is 5.91 Å². The highest BCUT2D eigenvalue weighted by atomic mass is 16.3. The van der Waals surface area contributed by atoms with Gasteiger partial charge in [-0.3, -0.25) is 14.4 Å². The second-order valence-corrected chi connectivity index (χ2v) is 6.19. The van der Waals surface area contributed by atoms with Crippen LogP contribution in [0.4, 0.5) is 11.4 Å². The van der Waals surface area contributed by atoms with Crippen molar-refractivity contribution in [3.05, 3.63) is 70.1 Å². The molecule has 1 aromatic heterocycles. The summed E-state index contributed by atoms with van der Waals surface area (Å²) in [6.45, 7) is 2.16. The molecule has 3 aromatic rings. The SMILES string of the molecule is CC(=O)N1CCc2ccc(NC(=O)c3cc(=O)c4ccccc4o3)cc21. The first-order chi connectivity index (χ1) is 12.5. The van der Waals surface area contributed by atoms with Gasteiger partial charge in [0, 0.05) is 30.9 Å². The van der Waals surface area contributed by atoms with Crippen LogP contribution in [-0.2, 0) is 11.2 Å². The van der Waals surface area contributed by atoms with Gasteiger partial charge in [-0.25, -0.2) is 0 Å². The van der Waals surface area contributed by atoms with Crippen LogP contribution < -0.4 is 15.6 Å². The molecule has 26 heavy (non-hydrogen) atoms. The first kappa shape index (κ1) is 16.1. The Labute approximate surface area is 149 Å². The van der Waals surface area contributed by atoms with Crippen molar-refractivity contribution in [2.75, 3.05) is 16.8 Å². The van der Waals surface area contributed by atoms with Crippen LogP contribution in [-0.4, -0.2) is 18.4 Å². The highest BCUT2D eigenvalue weighted by molar-refractivity contribution is 6.03. The number of amides is 2. The fourth-order valence-corrected chi connectivity index (χ4v) is 3.19. The minimum absolute atomic E-state index is 0.0345. The molecule has 4 rings (SSSR count). The third-order valence-electron chi connectivity index (χ3n) is 4.48. The van der Waals surface area contributed by atoms with Crippen LogP contribution in [0.15, 0.2) is 57.7 Å². The van der Waals surface area contributed by atoms with Crippen LogP contribution in [0.25, 0.3) is 11.0 Å². The number of nitrogens with one attached hydrogen (secondary N) is 1. The predicted octanol–water partition coefficient (Wildman–Crippen LogP) is 2.95. The zero-order valence-corrected chi connectivity index (χ0v) is 14.1. The summed E-state index contributed by atoms with van der Waals surface area (Å²) in [7, 11) is 0. The average molecular weight is 348 g/mol. The number of hydrogen-bond acceptors (Lipinski definition) is 4. The molecule has 0 unspecified atom stereocenters. The minimum Gasteiger partial charge on any atom is -0.451 e. The van der Waals surface area contributed by atoms with Gasteiger partial charge in [0.15, 0.2) is 11.2 Å². The van der Waals surface area contributed by atoms with Gasteiger partial charge in [-0.2, -0.15) is 0 Å². The zero-order chi connectivity index (χ0) is 18.3. The van der Waals surface area contributed by atoms with E-state index in [0.29, 0.717) is 23.2 Å². The Hall–Kier alpha value is -3.41. The molecule has 6 nitrogen and oxygen atoms in total. The van der Waals surface area contributed by atoms with Crippen molar-refractivity contribution in [1.29, 1.82) is 0 Å². The first-order valence-electron chi connectivity index (χ1n) is 8.28. The Morgan fingerprint density at radius 1 is 1.12 bits per heavy atom. The molecule has 1 N–H and O–H groups in total. The topological polar surface area (TPSA) is 79.6 Å². The molecule has 0 saturated heterocycles. The Bertz CT molecular complexity index is 1100. The quantitative estimate of drug-likeness (QED) is 0.772. The van der Waals surface area contributed by atoms with E-state index >= 15 is 0 Å². The third kappa shape index (κ3) is 2.75. The molecule has 2 aromatic carbocycles. The molecule has 0 atom stereocenters. The lowest BCUT2D eigenvalue weighted by Crippen LogP contribution is -2.25. The Balaban J connectivity index is 1.64. The maximum Gasteiger partial charge on any atom is 0.291 e. The van der Waals surface area contributed by atoms with Gasteiger partial charge in [0.2, 0.25) is 5.91 Å². The van der Waals surface area contributed by atoms with E-state index in [-0.39, 0.29) is 17.1 Å². The van der Waals surface area contributed by atoms with Crippen molar-refractivity contribution >= 4 is 34.2 Å². The minimum atomic E-state index is -0.514. The monoisotopic (exact) mass is 348 g/mol. The van der Waals surface area contributed by atoms with Crippen LogP contribution in [0.5, 0.6) is 0 Å². The summed E-state index contributed by atoms with van der Waals surface area (Å²) in [6.07, 6.45) is 0.794. The Morgan fingerprint density at radius 3 is 2.73 bits per heavy atom. The standard InChI is InChI=1S/C20H16N2O4/c1-12(23)22-9-8-13-6-7-14(10-16(13)22)21-20(25)19-11-17(24)15-4-2-3-5-18(15)26-19/h2-7,10-11H,8-9H2,1H3,(H,21,25). The summed E-state index contributed by atoms with van der Waals surface area (Å²) in [5, 5.41) is 3.16. The average Bonchev–Trinajstić information content (AvgIpc) is 3.05. The van der Waals surface area contributed by atoms with Gasteiger partial charge in [0.1, 0.15) is 5.58 Å². The summed E-state index contributed by atoms with van der Waals surface area (Å²) in [5.41, 5.74) is 2.50. The smallest absolute Gasteiger partial charge is 0.291 e. The van der Waals surface area contributed by atoms with E-state index in [9.17, 15) is 14.4 Å². The molecular formula is C20H16N2O4. The van der Waals surface area contributed by atoms with Gasteiger partial charge >= 0.3 is 0 Å². The van der Waals surface area contributed by atoms with Gasteiger partial charge in [0.05, 0.1) is 5.39 Å². The third-order valence-corrected chi connectivity index (χ3v) is 4.48. The lowest BCUT2D eigenvalue weighted by molar-refractivity contribution is -0.116. The maximum absolute atomic E-state index is 12.5. The molecule has 0 fully saturated rings. The van der Waals surface area contributed by atoms with E-state index in [0.717, 1.165) is 17.7 Å². The molecule has 1 aliphatic heterocycles. The fraction of sp³-hybridized carbons (Fsp3) is 0.150. The van der Waals surface area contributed by atoms with Crippen LogP contribution >= 0.6 is 0 Å². The zero-order valence-electron chi connectivity index (χ0n) is 14.1. The van der Waals surface area contributed by atoms with Crippen LogP contribution in [0.1, 0.15) is 23.0 Å². The molecule has 0 radical (unpaired) electrons. The van der Waals surface area contributed by atoms with Crippen LogP contribution in [0, 0.1) is 0 Å². The fourth-order valence-electron chi connectivity index (χ4n) is 3.19. The molecule has 0 saturated carbocycles. The molecule has 1 aliphatic rings. The summed E-state index contributed by atoms with van der Waals surface area (Å²) < 4.78 is 5.55. The first-order valence-corrected chi connectivity index (χ1v) is 8.28. The number of fused-ring (bicyclic) bond motifs is 2. The van der Waals surface area contributed by atoms with Crippen molar-refractivity contribution in [2.24, 2.45) is 0 Å². The van der Waals surface area contributed by atoms with E-state index in [2.05, 4.69) is 5.32 Å². The lowest BCUT2D eigenvalue weighted by atomic mass is 10.1. The van der Waals surface area contributed by atoms with Gasteiger partial charge in [-0.05, 0) is 36.2 Å². The number of benzene rings is 2. The lowest BCUT2D eigenvalue weighted by Gasteiger charge is -2.15.